The lowest BCUT2D eigenvalue weighted by atomic mass is 9.90. The number of carbonyl (C=O) groups excluding carboxylic acids is 1. The fraction of sp³-hybridized carbons (Fsp3) is 0.458. The molecule has 0 N–H and O–H groups in total. The van der Waals surface area contributed by atoms with Gasteiger partial charge in [0, 0.05) is 38.3 Å². The van der Waals surface area contributed by atoms with Gasteiger partial charge in [0.15, 0.2) is 0 Å². The summed E-state index contributed by atoms with van der Waals surface area (Å²) in [5.41, 5.74) is 4.18. The lowest BCUT2D eigenvalue weighted by Gasteiger charge is -2.34. The van der Waals surface area contributed by atoms with Crippen LogP contribution in [-0.4, -0.2) is 37.0 Å². The third kappa shape index (κ3) is 4.52. The monoisotopic (exact) mass is 362 g/mol. The summed E-state index contributed by atoms with van der Waals surface area (Å²) < 4.78 is 0. The van der Waals surface area contributed by atoms with Crippen molar-refractivity contribution < 1.29 is 4.79 Å². The molecule has 2 heterocycles. The molecule has 2 aromatic rings. The topological polar surface area (TPSA) is 23.6 Å². The quantitative estimate of drug-likeness (QED) is 0.791. The van der Waals surface area contributed by atoms with Gasteiger partial charge in [-0.2, -0.15) is 0 Å². The number of piperidine rings is 1. The van der Waals surface area contributed by atoms with Gasteiger partial charge in [-0.25, -0.2) is 0 Å². The minimum Gasteiger partial charge on any atom is -0.371 e. The van der Waals surface area contributed by atoms with Crippen LogP contribution >= 0.6 is 0 Å². The number of para-hydroxylation sites is 1. The molecule has 0 unspecified atom stereocenters. The highest BCUT2D eigenvalue weighted by molar-refractivity contribution is 5.77. The number of nitrogens with zero attached hydrogens (tertiary/aromatic N) is 2. The maximum absolute atomic E-state index is 12.7. The third-order valence-corrected chi connectivity index (χ3v) is 6.14. The van der Waals surface area contributed by atoms with Crippen LogP contribution in [0.1, 0.15) is 36.8 Å². The lowest BCUT2D eigenvalue weighted by Crippen LogP contribution is -2.41. The Morgan fingerprint density at radius 2 is 1.67 bits per heavy atom. The van der Waals surface area contributed by atoms with Gasteiger partial charge in [0.05, 0.1) is 0 Å². The lowest BCUT2D eigenvalue weighted by molar-refractivity contribution is -0.132. The number of hydrogen-bond donors (Lipinski definition) is 0. The Labute approximate surface area is 163 Å². The summed E-state index contributed by atoms with van der Waals surface area (Å²) >= 11 is 0. The molecule has 2 aliphatic rings. The Hall–Kier alpha value is -2.29. The Morgan fingerprint density at radius 3 is 2.48 bits per heavy atom. The number of carbonyl (C=O) groups is 1. The van der Waals surface area contributed by atoms with E-state index in [1.54, 1.807) is 0 Å². The van der Waals surface area contributed by atoms with E-state index < -0.39 is 0 Å². The summed E-state index contributed by atoms with van der Waals surface area (Å²) in [4.78, 5) is 17.2. The molecule has 0 aromatic heterocycles. The average Bonchev–Trinajstić information content (AvgIpc) is 2.73. The highest BCUT2D eigenvalue weighted by atomic mass is 16.2. The first-order valence-electron chi connectivity index (χ1n) is 10.4. The van der Waals surface area contributed by atoms with Crippen molar-refractivity contribution >= 4 is 11.6 Å². The Balaban J connectivity index is 1.24. The average molecular weight is 363 g/mol. The van der Waals surface area contributed by atoms with Crippen LogP contribution in [0.25, 0.3) is 0 Å². The SMILES string of the molecule is O=C(CCN1CCCc2ccccc21)N1CCC(Cc2ccccc2)CC1. The zero-order valence-corrected chi connectivity index (χ0v) is 16.1. The van der Waals surface area contributed by atoms with Gasteiger partial charge in [-0.05, 0) is 55.2 Å². The number of aryl methyl sites for hydroxylation is 1. The molecular weight excluding hydrogens is 332 g/mol. The molecule has 1 saturated heterocycles. The van der Waals surface area contributed by atoms with Gasteiger partial charge >= 0.3 is 0 Å². The number of likely N-dealkylation sites (tertiary alicyclic amines) is 1. The summed E-state index contributed by atoms with van der Waals surface area (Å²) in [6.45, 7) is 3.77. The predicted molar refractivity (Wildman–Crippen MR) is 111 cm³/mol. The van der Waals surface area contributed by atoms with Crippen LogP contribution in [0.15, 0.2) is 54.6 Å². The van der Waals surface area contributed by atoms with Crippen LogP contribution in [0.3, 0.4) is 0 Å². The second kappa shape index (κ2) is 8.60. The Bertz CT molecular complexity index is 750. The Kier molecular flexibility index (Phi) is 5.76. The predicted octanol–water partition coefficient (Wildman–Crippen LogP) is 4.31. The van der Waals surface area contributed by atoms with Crippen molar-refractivity contribution in [3.63, 3.8) is 0 Å². The number of rotatable bonds is 5. The standard InChI is InChI=1S/C24H30N2O/c27-24(14-18-25-15-6-10-22-9-4-5-11-23(22)25)26-16-12-21(13-17-26)19-20-7-2-1-3-8-20/h1-5,7-9,11,21H,6,10,12-19H2. The summed E-state index contributed by atoms with van der Waals surface area (Å²) in [5, 5.41) is 0. The van der Waals surface area contributed by atoms with Gasteiger partial charge in [-0.3, -0.25) is 4.79 Å². The van der Waals surface area contributed by atoms with Gasteiger partial charge in [0.25, 0.3) is 0 Å². The minimum absolute atomic E-state index is 0.330. The molecule has 1 fully saturated rings. The molecule has 1 amide bonds. The molecular formula is C24H30N2O. The number of hydrogen-bond acceptors (Lipinski definition) is 2. The maximum atomic E-state index is 12.7. The molecule has 2 aromatic carbocycles. The number of anilines is 1. The van der Waals surface area contributed by atoms with Gasteiger partial charge < -0.3 is 9.80 Å². The zero-order valence-electron chi connectivity index (χ0n) is 16.1. The van der Waals surface area contributed by atoms with E-state index in [1.165, 1.54) is 23.2 Å². The van der Waals surface area contributed by atoms with Gasteiger partial charge in [-0.1, -0.05) is 48.5 Å². The minimum atomic E-state index is 0.330. The van der Waals surface area contributed by atoms with E-state index in [0.29, 0.717) is 18.2 Å². The van der Waals surface area contributed by atoms with Crippen molar-refractivity contribution in [3.8, 4) is 0 Å². The van der Waals surface area contributed by atoms with E-state index in [2.05, 4.69) is 64.4 Å². The van der Waals surface area contributed by atoms with Crippen molar-refractivity contribution in [1.29, 1.82) is 0 Å². The largest absolute Gasteiger partial charge is 0.371 e. The van der Waals surface area contributed by atoms with E-state index in [4.69, 9.17) is 0 Å². The fourth-order valence-corrected chi connectivity index (χ4v) is 4.57. The van der Waals surface area contributed by atoms with Crippen LogP contribution in [0.5, 0.6) is 0 Å². The van der Waals surface area contributed by atoms with Crippen LogP contribution in [0, 0.1) is 5.92 Å². The highest BCUT2D eigenvalue weighted by Crippen LogP contribution is 2.27. The molecule has 0 aliphatic carbocycles. The molecule has 4 rings (SSSR count). The molecule has 0 spiro atoms. The first kappa shape index (κ1) is 18.1. The van der Waals surface area contributed by atoms with E-state index in [0.717, 1.165) is 51.9 Å². The normalized spacial score (nSPS) is 17.6. The molecule has 3 heteroatoms. The van der Waals surface area contributed by atoms with Crippen molar-refractivity contribution in [2.75, 3.05) is 31.1 Å². The number of fused-ring (bicyclic) bond motifs is 1. The summed E-state index contributed by atoms with van der Waals surface area (Å²) in [6.07, 6.45) is 6.40. The number of amides is 1. The summed E-state index contributed by atoms with van der Waals surface area (Å²) in [7, 11) is 0. The van der Waals surface area contributed by atoms with E-state index in [9.17, 15) is 4.79 Å². The van der Waals surface area contributed by atoms with Gasteiger partial charge in [0.2, 0.25) is 5.91 Å². The number of benzene rings is 2. The second-order valence-electron chi connectivity index (χ2n) is 7.98. The molecule has 0 radical (unpaired) electrons. The highest BCUT2D eigenvalue weighted by Gasteiger charge is 2.24. The zero-order chi connectivity index (χ0) is 18.5. The molecule has 142 valence electrons. The van der Waals surface area contributed by atoms with Crippen molar-refractivity contribution in [1.82, 2.24) is 4.90 Å². The molecule has 0 atom stereocenters. The van der Waals surface area contributed by atoms with Gasteiger partial charge in [-0.15, -0.1) is 0 Å². The first-order chi connectivity index (χ1) is 13.3. The summed E-state index contributed by atoms with van der Waals surface area (Å²) in [5.74, 6) is 1.04. The van der Waals surface area contributed by atoms with Crippen molar-refractivity contribution in [2.24, 2.45) is 5.92 Å². The molecule has 3 nitrogen and oxygen atoms in total. The molecule has 0 bridgehead atoms. The maximum Gasteiger partial charge on any atom is 0.224 e. The van der Waals surface area contributed by atoms with E-state index in [-0.39, 0.29) is 0 Å². The second-order valence-corrected chi connectivity index (χ2v) is 7.98. The third-order valence-electron chi connectivity index (χ3n) is 6.14. The Morgan fingerprint density at radius 1 is 0.926 bits per heavy atom. The van der Waals surface area contributed by atoms with E-state index >= 15 is 0 Å². The smallest absolute Gasteiger partial charge is 0.224 e. The van der Waals surface area contributed by atoms with E-state index in [1.807, 2.05) is 0 Å². The van der Waals surface area contributed by atoms with Crippen LogP contribution in [0.2, 0.25) is 0 Å². The first-order valence-corrected chi connectivity index (χ1v) is 10.4. The fourth-order valence-electron chi connectivity index (χ4n) is 4.57. The molecule has 2 aliphatic heterocycles. The van der Waals surface area contributed by atoms with Crippen molar-refractivity contribution in [2.45, 2.75) is 38.5 Å². The van der Waals surface area contributed by atoms with Crippen LogP contribution < -0.4 is 4.90 Å². The van der Waals surface area contributed by atoms with Crippen molar-refractivity contribution in [3.05, 3.63) is 65.7 Å². The van der Waals surface area contributed by atoms with Crippen LogP contribution in [0.4, 0.5) is 5.69 Å². The molecule has 0 saturated carbocycles. The molecule has 27 heavy (non-hydrogen) atoms. The van der Waals surface area contributed by atoms with Crippen LogP contribution in [-0.2, 0) is 17.6 Å². The van der Waals surface area contributed by atoms with Gasteiger partial charge in [0.1, 0.15) is 0 Å². The summed E-state index contributed by atoms with van der Waals surface area (Å²) in [6, 6.07) is 19.4.